The van der Waals surface area contributed by atoms with E-state index in [1.165, 1.54) is 6.07 Å². The third-order valence-corrected chi connectivity index (χ3v) is 4.12. The lowest BCUT2D eigenvalue weighted by molar-refractivity contribution is 0.0983. The van der Waals surface area contributed by atoms with Gasteiger partial charge in [-0.05, 0) is 24.5 Å². The first kappa shape index (κ1) is 11.9. The summed E-state index contributed by atoms with van der Waals surface area (Å²) in [4.78, 5) is 0. The Kier molecular flexibility index (Phi) is 3.22. The predicted octanol–water partition coefficient (Wildman–Crippen LogP) is 3.27. The zero-order valence-corrected chi connectivity index (χ0v) is 10.4. The maximum Gasteiger partial charge on any atom is 0.127 e. The van der Waals surface area contributed by atoms with E-state index < -0.39 is 0 Å². The average molecular weight is 242 g/mol. The Morgan fingerprint density at radius 1 is 1.44 bits per heavy atom. The van der Waals surface area contributed by atoms with Gasteiger partial charge in [0.25, 0.3) is 0 Å². The first-order chi connectivity index (χ1) is 7.55. The van der Waals surface area contributed by atoms with Crippen molar-refractivity contribution in [3.05, 3.63) is 34.6 Å². The predicted molar refractivity (Wildman–Crippen MR) is 65.3 cm³/mol. The maximum absolute atomic E-state index is 13.7. The van der Waals surface area contributed by atoms with Gasteiger partial charge in [0.15, 0.2) is 0 Å². The zero-order chi connectivity index (χ0) is 11.8. The summed E-state index contributed by atoms with van der Waals surface area (Å²) in [5, 5.41) is 3.83. The Morgan fingerprint density at radius 3 is 2.56 bits per heavy atom. The molecule has 88 valence electrons. The molecule has 1 aromatic rings. The lowest BCUT2D eigenvalue weighted by atomic mass is 9.68. The van der Waals surface area contributed by atoms with Crippen molar-refractivity contribution in [3.8, 4) is 0 Å². The summed E-state index contributed by atoms with van der Waals surface area (Å²) in [7, 11) is 0. The summed E-state index contributed by atoms with van der Waals surface area (Å²) in [5.74, 6) is 0.351. The second kappa shape index (κ2) is 4.34. The fraction of sp³-hybridized carbons (Fsp3) is 0.538. The number of halogens is 2. The van der Waals surface area contributed by atoms with E-state index in [4.69, 9.17) is 11.6 Å². The molecule has 1 aromatic carbocycles. The van der Waals surface area contributed by atoms with Gasteiger partial charge < -0.3 is 5.32 Å². The molecule has 2 rings (SSSR count). The maximum atomic E-state index is 13.7. The average Bonchev–Trinajstić information content (AvgIpc) is 2.14. The molecule has 1 aliphatic heterocycles. The van der Waals surface area contributed by atoms with Crippen molar-refractivity contribution in [2.45, 2.75) is 20.3 Å². The fourth-order valence-corrected chi connectivity index (χ4v) is 2.47. The zero-order valence-electron chi connectivity index (χ0n) is 9.69. The molecule has 3 heteroatoms. The molecule has 1 nitrogen and oxygen atoms in total. The molecule has 0 amide bonds. The normalized spacial score (nSPS) is 18.6. The standard InChI is InChI=1S/C13H17ClFN/c1-9(2)13(7-16-8-13)6-10-11(14)4-3-5-12(10)15/h3-5,9,16H,6-8H2,1-2H3. The molecule has 0 radical (unpaired) electrons. The number of hydrogen-bond donors (Lipinski definition) is 1. The molecule has 1 saturated heterocycles. The smallest absolute Gasteiger partial charge is 0.127 e. The molecular formula is C13H17ClFN. The minimum atomic E-state index is -0.181. The van der Waals surface area contributed by atoms with Crippen molar-refractivity contribution >= 4 is 11.6 Å². The molecular weight excluding hydrogens is 225 g/mol. The van der Waals surface area contributed by atoms with E-state index in [-0.39, 0.29) is 11.2 Å². The molecule has 1 N–H and O–H groups in total. The van der Waals surface area contributed by atoms with Crippen LogP contribution < -0.4 is 5.32 Å². The Hall–Kier alpha value is -0.600. The van der Waals surface area contributed by atoms with Crippen LogP contribution in [0.1, 0.15) is 19.4 Å². The minimum absolute atomic E-state index is 0.172. The Labute approximate surface area is 101 Å². The molecule has 0 spiro atoms. The van der Waals surface area contributed by atoms with Crippen LogP contribution in [-0.4, -0.2) is 13.1 Å². The van der Waals surface area contributed by atoms with Gasteiger partial charge in [0, 0.05) is 29.1 Å². The van der Waals surface area contributed by atoms with E-state index in [1.54, 1.807) is 12.1 Å². The van der Waals surface area contributed by atoms with E-state index in [0.29, 0.717) is 16.5 Å². The van der Waals surface area contributed by atoms with Gasteiger partial charge in [-0.3, -0.25) is 0 Å². The van der Waals surface area contributed by atoms with Crippen LogP contribution in [-0.2, 0) is 6.42 Å². The van der Waals surface area contributed by atoms with E-state index >= 15 is 0 Å². The van der Waals surface area contributed by atoms with Gasteiger partial charge in [-0.2, -0.15) is 0 Å². The number of rotatable bonds is 3. The molecule has 0 aliphatic carbocycles. The van der Waals surface area contributed by atoms with Crippen molar-refractivity contribution in [2.75, 3.05) is 13.1 Å². The lowest BCUT2D eigenvalue weighted by Crippen LogP contribution is -2.57. The van der Waals surface area contributed by atoms with Gasteiger partial charge in [-0.15, -0.1) is 0 Å². The summed E-state index contributed by atoms with van der Waals surface area (Å²) in [5.41, 5.74) is 0.839. The minimum Gasteiger partial charge on any atom is -0.315 e. The van der Waals surface area contributed by atoms with Crippen LogP contribution in [0.4, 0.5) is 4.39 Å². The SMILES string of the molecule is CC(C)C1(Cc2c(F)cccc2Cl)CNC1. The molecule has 1 aliphatic rings. The van der Waals surface area contributed by atoms with E-state index in [1.807, 2.05) is 0 Å². The summed E-state index contributed by atoms with van der Waals surface area (Å²) >= 11 is 6.06. The van der Waals surface area contributed by atoms with E-state index in [0.717, 1.165) is 19.5 Å². The van der Waals surface area contributed by atoms with Crippen LogP contribution >= 0.6 is 11.6 Å². The molecule has 1 fully saturated rings. The van der Waals surface area contributed by atoms with Crippen molar-refractivity contribution in [1.29, 1.82) is 0 Å². The molecule has 0 unspecified atom stereocenters. The fourth-order valence-electron chi connectivity index (χ4n) is 2.24. The molecule has 1 heterocycles. The summed E-state index contributed by atoms with van der Waals surface area (Å²) in [6.45, 7) is 6.29. The van der Waals surface area contributed by atoms with Crippen LogP contribution in [0.25, 0.3) is 0 Å². The van der Waals surface area contributed by atoms with Gasteiger partial charge in [-0.25, -0.2) is 4.39 Å². The third-order valence-electron chi connectivity index (χ3n) is 3.77. The molecule has 0 atom stereocenters. The topological polar surface area (TPSA) is 12.0 Å². The van der Waals surface area contributed by atoms with Crippen molar-refractivity contribution in [3.63, 3.8) is 0 Å². The van der Waals surface area contributed by atoms with E-state index in [2.05, 4.69) is 19.2 Å². The number of benzene rings is 1. The van der Waals surface area contributed by atoms with Crippen LogP contribution in [0.15, 0.2) is 18.2 Å². The first-order valence-corrected chi connectivity index (χ1v) is 6.06. The van der Waals surface area contributed by atoms with Gasteiger partial charge in [0.1, 0.15) is 5.82 Å². The van der Waals surface area contributed by atoms with Gasteiger partial charge >= 0.3 is 0 Å². The second-order valence-electron chi connectivity index (χ2n) is 5.00. The van der Waals surface area contributed by atoms with Crippen LogP contribution in [0.3, 0.4) is 0 Å². The lowest BCUT2D eigenvalue weighted by Gasteiger charge is -2.46. The van der Waals surface area contributed by atoms with Crippen molar-refractivity contribution < 1.29 is 4.39 Å². The summed E-state index contributed by atoms with van der Waals surface area (Å²) < 4.78 is 13.7. The number of hydrogen-bond acceptors (Lipinski definition) is 1. The van der Waals surface area contributed by atoms with Crippen LogP contribution in [0, 0.1) is 17.2 Å². The first-order valence-electron chi connectivity index (χ1n) is 5.69. The highest BCUT2D eigenvalue weighted by Crippen LogP contribution is 2.37. The Morgan fingerprint density at radius 2 is 2.12 bits per heavy atom. The quantitative estimate of drug-likeness (QED) is 0.857. The van der Waals surface area contributed by atoms with E-state index in [9.17, 15) is 4.39 Å². The van der Waals surface area contributed by atoms with Crippen LogP contribution in [0.2, 0.25) is 5.02 Å². The Bertz CT molecular complexity index is 365. The second-order valence-corrected chi connectivity index (χ2v) is 5.40. The van der Waals surface area contributed by atoms with Gasteiger partial charge in [0.2, 0.25) is 0 Å². The third kappa shape index (κ3) is 1.96. The largest absolute Gasteiger partial charge is 0.315 e. The summed E-state index contributed by atoms with van der Waals surface area (Å²) in [6, 6.07) is 4.91. The molecule has 0 saturated carbocycles. The molecule has 0 bridgehead atoms. The Balaban J connectivity index is 2.26. The summed E-state index contributed by atoms with van der Waals surface area (Å²) in [6.07, 6.45) is 0.725. The molecule has 0 aromatic heterocycles. The highest BCUT2D eigenvalue weighted by molar-refractivity contribution is 6.31. The van der Waals surface area contributed by atoms with Crippen molar-refractivity contribution in [2.24, 2.45) is 11.3 Å². The monoisotopic (exact) mass is 241 g/mol. The van der Waals surface area contributed by atoms with Gasteiger partial charge in [0.05, 0.1) is 0 Å². The number of nitrogens with one attached hydrogen (secondary N) is 1. The molecule has 16 heavy (non-hydrogen) atoms. The van der Waals surface area contributed by atoms with Crippen LogP contribution in [0.5, 0.6) is 0 Å². The van der Waals surface area contributed by atoms with Gasteiger partial charge in [-0.1, -0.05) is 31.5 Å². The highest BCUT2D eigenvalue weighted by atomic mass is 35.5. The highest BCUT2D eigenvalue weighted by Gasteiger charge is 2.40. The van der Waals surface area contributed by atoms with Crippen molar-refractivity contribution in [1.82, 2.24) is 5.32 Å².